The predicted octanol–water partition coefficient (Wildman–Crippen LogP) is 0.836. The Bertz CT molecular complexity index is 526. The molecule has 0 spiro atoms. The minimum absolute atomic E-state index is 0.106. The monoisotopic (exact) mass is 270 g/mol. The fourth-order valence-electron chi connectivity index (χ4n) is 1.97. The Kier molecular flexibility index (Phi) is 3.56. The molecule has 1 saturated carbocycles. The van der Waals surface area contributed by atoms with E-state index in [1.54, 1.807) is 0 Å². The van der Waals surface area contributed by atoms with Gasteiger partial charge in [0, 0.05) is 18.8 Å². The number of hydrazine groups is 1. The molecule has 0 saturated heterocycles. The molecule has 0 aromatic carbocycles. The SMILES string of the molecule is CC1(CNS(=O)(=O)c2ccnc(NN)c2)CCC1. The molecule has 0 atom stereocenters. The van der Waals surface area contributed by atoms with E-state index in [4.69, 9.17) is 5.84 Å². The lowest BCUT2D eigenvalue weighted by Gasteiger charge is -2.38. The maximum Gasteiger partial charge on any atom is 0.240 e. The molecule has 100 valence electrons. The van der Waals surface area contributed by atoms with E-state index in [0.717, 1.165) is 12.8 Å². The van der Waals surface area contributed by atoms with Crippen molar-refractivity contribution in [2.24, 2.45) is 11.3 Å². The molecule has 1 aliphatic rings. The lowest BCUT2D eigenvalue weighted by atomic mass is 9.71. The highest BCUT2D eigenvalue weighted by Gasteiger charge is 2.33. The Hall–Kier alpha value is -1.18. The molecule has 0 unspecified atom stereocenters. The number of nitrogens with one attached hydrogen (secondary N) is 2. The summed E-state index contributed by atoms with van der Waals surface area (Å²) in [4.78, 5) is 4.05. The number of pyridine rings is 1. The van der Waals surface area contributed by atoms with Crippen molar-refractivity contribution < 1.29 is 8.42 Å². The third-order valence-electron chi connectivity index (χ3n) is 3.44. The molecule has 1 fully saturated rings. The average molecular weight is 270 g/mol. The van der Waals surface area contributed by atoms with Gasteiger partial charge in [-0.15, -0.1) is 0 Å². The lowest BCUT2D eigenvalue weighted by molar-refractivity contribution is 0.166. The fraction of sp³-hybridized carbons (Fsp3) is 0.545. The van der Waals surface area contributed by atoms with Crippen LogP contribution < -0.4 is 16.0 Å². The summed E-state index contributed by atoms with van der Waals surface area (Å²) < 4.78 is 26.8. The van der Waals surface area contributed by atoms with Gasteiger partial charge in [-0.25, -0.2) is 24.0 Å². The lowest BCUT2D eigenvalue weighted by Crippen LogP contribution is -2.39. The largest absolute Gasteiger partial charge is 0.308 e. The summed E-state index contributed by atoms with van der Waals surface area (Å²) in [6.45, 7) is 2.57. The van der Waals surface area contributed by atoms with Gasteiger partial charge < -0.3 is 5.43 Å². The van der Waals surface area contributed by atoms with E-state index in [0.29, 0.717) is 12.4 Å². The van der Waals surface area contributed by atoms with Crippen LogP contribution in [0.3, 0.4) is 0 Å². The van der Waals surface area contributed by atoms with Crippen LogP contribution in [0.4, 0.5) is 5.82 Å². The highest BCUT2D eigenvalue weighted by atomic mass is 32.2. The first kappa shape index (κ1) is 13.3. The summed E-state index contributed by atoms with van der Waals surface area (Å²) in [5.74, 6) is 5.53. The molecular formula is C11H18N4O2S. The molecule has 7 heteroatoms. The van der Waals surface area contributed by atoms with E-state index in [9.17, 15) is 8.42 Å². The second-order valence-electron chi connectivity index (χ2n) is 5.01. The maximum atomic E-state index is 12.1. The molecule has 0 radical (unpaired) electrons. The Morgan fingerprint density at radius 3 is 2.78 bits per heavy atom. The van der Waals surface area contributed by atoms with Gasteiger partial charge in [0.15, 0.2) is 0 Å². The van der Waals surface area contributed by atoms with Crippen LogP contribution in [0.15, 0.2) is 23.2 Å². The maximum absolute atomic E-state index is 12.1. The minimum Gasteiger partial charge on any atom is -0.308 e. The Morgan fingerprint density at radius 1 is 1.50 bits per heavy atom. The van der Waals surface area contributed by atoms with Crippen molar-refractivity contribution in [3.8, 4) is 0 Å². The number of anilines is 1. The number of sulfonamides is 1. The molecule has 1 aromatic heterocycles. The van der Waals surface area contributed by atoms with Crippen LogP contribution in [0.25, 0.3) is 0 Å². The van der Waals surface area contributed by atoms with Gasteiger partial charge in [-0.3, -0.25) is 0 Å². The van der Waals surface area contributed by atoms with Crippen LogP contribution in [0.2, 0.25) is 0 Å². The average Bonchev–Trinajstić information content (AvgIpc) is 2.34. The zero-order chi connectivity index (χ0) is 13.2. The second-order valence-corrected chi connectivity index (χ2v) is 6.78. The summed E-state index contributed by atoms with van der Waals surface area (Å²) >= 11 is 0. The summed E-state index contributed by atoms with van der Waals surface area (Å²) in [5.41, 5.74) is 2.44. The van der Waals surface area contributed by atoms with E-state index in [2.05, 4.69) is 22.1 Å². The van der Waals surface area contributed by atoms with Crippen LogP contribution in [0.1, 0.15) is 26.2 Å². The van der Waals surface area contributed by atoms with E-state index in [-0.39, 0.29) is 10.3 Å². The van der Waals surface area contributed by atoms with Crippen molar-refractivity contribution in [3.05, 3.63) is 18.3 Å². The zero-order valence-electron chi connectivity index (χ0n) is 10.3. The normalized spacial score (nSPS) is 18.1. The van der Waals surface area contributed by atoms with Gasteiger partial charge in [0.2, 0.25) is 10.0 Å². The zero-order valence-corrected chi connectivity index (χ0v) is 11.1. The third kappa shape index (κ3) is 2.80. The van der Waals surface area contributed by atoms with E-state index in [1.807, 2.05) is 0 Å². The third-order valence-corrected chi connectivity index (χ3v) is 4.84. The molecule has 18 heavy (non-hydrogen) atoms. The van der Waals surface area contributed by atoms with Crippen molar-refractivity contribution in [1.29, 1.82) is 0 Å². The van der Waals surface area contributed by atoms with Gasteiger partial charge in [0.25, 0.3) is 0 Å². The van der Waals surface area contributed by atoms with Gasteiger partial charge >= 0.3 is 0 Å². The van der Waals surface area contributed by atoms with Gasteiger partial charge in [0.1, 0.15) is 5.82 Å². The molecule has 0 aliphatic heterocycles. The quantitative estimate of drug-likeness (QED) is 0.544. The van der Waals surface area contributed by atoms with Gasteiger partial charge in [0.05, 0.1) is 4.90 Å². The van der Waals surface area contributed by atoms with Crippen LogP contribution in [-0.2, 0) is 10.0 Å². The summed E-state index contributed by atoms with van der Waals surface area (Å²) in [6, 6.07) is 2.86. The van der Waals surface area contributed by atoms with Crippen LogP contribution >= 0.6 is 0 Å². The van der Waals surface area contributed by atoms with Gasteiger partial charge in [-0.05, 0) is 24.3 Å². The number of nitrogens with zero attached hydrogens (tertiary/aromatic N) is 1. The number of rotatable bonds is 5. The number of nitrogen functional groups attached to an aromatic ring is 1. The highest BCUT2D eigenvalue weighted by molar-refractivity contribution is 7.89. The van der Waals surface area contributed by atoms with Crippen molar-refractivity contribution in [1.82, 2.24) is 9.71 Å². The second kappa shape index (κ2) is 4.83. The number of aromatic nitrogens is 1. The van der Waals surface area contributed by atoms with Gasteiger partial charge in [-0.1, -0.05) is 13.3 Å². The summed E-state index contributed by atoms with van der Waals surface area (Å²) in [7, 11) is -3.49. The van der Waals surface area contributed by atoms with E-state index in [1.165, 1.54) is 24.8 Å². The van der Waals surface area contributed by atoms with Crippen LogP contribution in [0, 0.1) is 5.41 Å². The molecule has 1 aliphatic carbocycles. The predicted molar refractivity (Wildman–Crippen MR) is 69.2 cm³/mol. The summed E-state index contributed by atoms with van der Waals surface area (Å²) in [6.07, 6.45) is 4.73. The van der Waals surface area contributed by atoms with Crippen molar-refractivity contribution >= 4 is 15.8 Å². The molecule has 0 bridgehead atoms. The number of nitrogens with two attached hydrogens (primary N) is 1. The molecule has 1 aromatic rings. The van der Waals surface area contributed by atoms with E-state index >= 15 is 0 Å². The Morgan fingerprint density at radius 2 is 2.22 bits per heavy atom. The smallest absolute Gasteiger partial charge is 0.240 e. The standard InChI is InChI=1S/C11H18N4O2S/c1-11(4-2-5-11)8-14-18(16,17)9-3-6-13-10(7-9)15-12/h3,6-7,14H,2,4-5,8,12H2,1H3,(H,13,15). The van der Waals surface area contributed by atoms with Crippen LogP contribution in [0.5, 0.6) is 0 Å². The first-order chi connectivity index (χ1) is 8.45. The van der Waals surface area contributed by atoms with Crippen molar-refractivity contribution in [3.63, 3.8) is 0 Å². The molecule has 1 heterocycles. The summed E-state index contributed by atoms with van der Waals surface area (Å²) in [5, 5.41) is 0. The van der Waals surface area contributed by atoms with Gasteiger partial charge in [-0.2, -0.15) is 0 Å². The fourth-order valence-corrected chi connectivity index (χ4v) is 3.18. The minimum atomic E-state index is -3.49. The highest BCUT2D eigenvalue weighted by Crippen LogP contribution is 2.39. The van der Waals surface area contributed by atoms with Crippen molar-refractivity contribution in [2.45, 2.75) is 31.1 Å². The molecule has 2 rings (SSSR count). The topological polar surface area (TPSA) is 97.1 Å². The number of hydrogen-bond acceptors (Lipinski definition) is 5. The van der Waals surface area contributed by atoms with Crippen molar-refractivity contribution in [2.75, 3.05) is 12.0 Å². The molecule has 6 nitrogen and oxygen atoms in total. The molecule has 0 amide bonds. The Labute approximate surface area is 107 Å². The first-order valence-corrected chi connectivity index (χ1v) is 7.36. The number of hydrogen-bond donors (Lipinski definition) is 3. The molecule has 4 N–H and O–H groups in total. The first-order valence-electron chi connectivity index (χ1n) is 5.88. The Balaban J connectivity index is 2.09. The van der Waals surface area contributed by atoms with Crippen LogP contribution in [-0.4, -0.2) is 19.9 Å². The van der Waals surface area contributed by atoms with E-state index < -0.39 is 10.0 Å². The molecular weight excluding hydrogens is 252 g/mol.